The molecule has 3 aromatic carbocycles. The maximum absolute atomic E-state index is 14.3. The van der Waals surface area contributed by atoms with Crippen LogP contribution in [-0.2, 0) is 16.1 Å². The van der Waals surface area contributed by atoms with Crippen LogP contribution in [0.3, 0.4) is 0 Å². The second-order valence-electron chi connectivity index (χ2n) is 11.9. The van der Waals surface area contributed by atoms with Crippen LogP contribution in [0, 0.1) is 13.8 Å². The fraction of sp³-hybridized carbons (Fsp3) is 0.270. The highest BCUT2D eigenvalue weighted by atomic mass is 32.2. The fourth-order valence-corrected chi connectivity index (χ4v) is 6.79. The molecule has 2 amide bonds. The first kappa shape index (κ1) is 33.8. The summed E-state index contributed by atoms with van der Waals surface area (Å²) in [5, 5.41) is 6.34. The van der Waals surface area contributed by atoms with Gasteiger partial charge in [0.15, 0.2) is 5.16 Å². The number of hydrogen-bond acceptors (Lipinski definition) is 8. The second-order valence-corrected chi connectivity index (χ2v) is 13.8. The number of benzene rings is 3. The molecule has 0 saturated carbocycles. The maximum atomic E-state index is 14.3. The van der Waals surface area contributed by atoms with Crippen molar-refractivity contribution >= 4 is 46.3 Å². The molecule has 0 spiro atoms. The number of carbonyl (C=O) groups is 2. The number of aryl methyl sites for hydroxylation is 2. The molecule has 0 radical (unpaired) electrons. The number of nitrogens with zero attached hydrogens (tertiary/aromatic N) is 5. The van der Waals surface area contributed by atoms with E-state index in [2.05, 4.69) is 29.1 Å². The molecule has 10 heteroatoms. The van der Waals surface area contributed by atoms with Gasteiger partial charge in [-0.1, -0.05) is 80.2 Å². The molecular formula is C37H40N6O2S2. The third kappa shape index (κ3) is 8.84. The first-order chi connectivity index (χ1) is 22.6. The summed E-state index contributed by atoms with van der Waals surface area (Å²) >= 11 is 2.74. The van der Waals surface area contributed by atoms with E-state index in [1.165, 1.54) is 23.1 Å². The van der Waals surface area contributed by atoms with Gasteiger partial charge in [0.2, 0.25) is 5.91 Å². The summed E-state index contributed by atoms with van der Waals surface area (Å²) in [5.41, 5.74) is 7.04. The zero-order valence-electron chi connectivity index (χ0n) is 27.6. The van der Waals surface area contributed by atoms with Crippen LogP contribution in [0.5, 0.6) is 0 Å². The van der Waals surface area contributed by atoms with Crippen LogP contribution in [0.15, 0.2) is 95.5 Å². The van der Waals surface area contributed by atoms with E-state index in [4.69, 9.17) is 4.98 Å². The van der Waals surface area contributed by atoms with Gasteiger partial charge >= 0.3 is 0 Å². The molecule has 2 heterocycles. The Morgan fingerprint density at radius 1 is 0.851 bits per heavy atom. The molecule has 5 aromatic rings. The number of anilines is 2. The molecule has 0 fully saturated rings. The Hall–Kier alpha value is -4.54. The molecular weight excluding hydrogens is 625 g/mol. The molecule has 1 N–H and O–H groups in total. The Morgan fingerprint density at radius 3 is 2.11 bits per heavy atom. The minimum absolute atomic E-state index is 0.0607. The van der Waals surface area contributed by atoms with Gasteiger partial charge in [-0.2, -0.15) is 0 Å². The zero-order valence-corrected chi connectivity index (χ0v) is 29.2. The highest BCUT2D eigenvalue weighted by molar-refractivity contribution is 7.99. The van der Waals surface area contributed by atoms with Crippen molar-refractivity contribution in [1.29, 1.82) is 0 Å². The van der Waals surface area contributed by atoms with Gasteiger partial charge in [-0.3, -0.25) is 9.59 Å². The predicted molar refractivity (Wildman–Crippen MR) is 193 cm³/mol. The lowest BCUT2D eigenvalue weighted by atomic mass is 9.97. The normalized spacial score (nSPS) is 11.7. The van der Waals surface area contributed by atoms with Crippen molar-refractivity contribution in [2.75, 3.05) is 30.1 Å². The topological polar surface area (TPSA) is 91.3 Å². The molecule has 0 aliphatic heterocycles. The largest absolute Gasteiger partial charge is 0.378 e. The summed E-state index contributed by atoms with van der Waals surface area (Å²) in [6.07, 6.45) is 0. The zero-order chi connectivity index (χ0) is 33.5. The first-order valence-corrected chi connectivity index (χ1v) is 17.4. The molecule has 242 valence electrons. The average Bonchev–Trinajstić information content (AvgIpc) is 3.52. The van der Waals surface area contributed by atoms with Gasteiger partial charge in [-0.05, 0) is 61.2 Å². The van der Waals surface area contributed by atoms with Gasteiger partial charge in [-0.15, -0.1) is 11.3 Å². The van der Waals surface area contributed by atoms with Crippen LogP contribution in [0.1, 0.15) is 53.3 Å². The molecule has 47 heavy (non-hydrogen) atoms. The maximum Gasteiger partial charge on any atom is 0.251 e. The number of rotatable bonds is 12. The number of carbonyl (C=O) groups excluding carboxylic acids is 2. The Labute approximate surface area is 285 Å². The van der Waals surface area contributed by atoms with Crippen LogP contribution >= 0.6 is 23.1 Å². The summed E-state index contributed by atoms with van der Waals surface area (Å²) in [7, 11) is 3.94. The van der Waals surface area contributed by atoms with Crippen LogP contribution in [0.2, 0.25) is 0 Å². The summed E-state index contributed by atoms with van der Waals surface area (Å²) < 4.78 is 0. The van der Waals surface area contributed by atoms with Gasteiger partial charge in [-0.25, -0.2) is 15.0 Å². The summed E-state index contributed by atoms with van der Waals surface area (Å²) in [5.74, 6) is -0.137. The van der Waals surface area contributed by atoms with Crippen LogP contribution < -0.4 is 10.2 Å². The van der Waals surface area contributed by atoms with Crippen molar-refractivity contribution in [1.82, 2.24) is 19.9 Å². The minimum atomic E-state index is -0.915. The predicted octanol–water partition coefficient (Wildman–Crippen LogP) is 7.91. The summed E-state index contributed by atoms with van der Waals surface area (Å²) in [6, 6.07) is 26.5. The lowest BCUT2D eigenvalue weighted by molar-refractivity contribution is -0.137. The number of hydrogen-bond donors (Lipinski definition) is 1. The highest BCUT2D eigenvalue weighted by Crippen LogP contribution is 2.31. The third-order valence-corrected chi connectivity index (χ3v) is 9.33. The van der Waals surface area contributed by atoms with Crippen LogP contribution in [-0.4, -0.2) is 51.5 Å². The minimum Gasteiger partial charge on any atom is -0.378 e. The number of thioether (sulfide) groups is 1. The van der Waals surface area contributed by atoms with E-state index in [9.17, 15) is 9.59 Å². The van der Waals surface area contributed by atoms with Crippen molar-refractivity contribution in [2.45, 2.75) is 51.4 Å². The number of thiazole rings is 1. The van der Waals surface area contributed by atoms with E-state index in [0.717, 1.165) is 44.5 Å². The van der Waals surface area contributed by atoms with Gasteiger partial charge in [0.25, 0.3) is 5.91 Å². The summed E-state index contributed by atoms with van der Waals surface area (Å²) in [6.45, 7) is 8.24. The van der Waals surface area contributed by atoms with E-state index >= 15 is 0 Å². The lowest BCUT2D eigenvalue weighted by Crippen LogP contribution is -2.41. The first-order valence-electron chi connectivity index (χ1n) is 15.5. The standard InChI is InChI=1S/C37H40N6O2S2/c1-24(2)27-12-14-29(15-13-27)35(36(45)40-30-16-18-31(19-17-30)42(5)6)43(34(44)23-47-37-38-25(3)20-26(4)39-37)21-33-41-32(22-46-33)28-10-8-7-9-11-28/h7-20,22,24,35H,21,23H2,1-6H3,(H,40,45). The Morgan fingerprint density at radius 2 is 1.49 bits per heavy atom. The van der Waals surface area contributed by atoms with Gasteiger partial charge in [0.1, 0.15) is 11.0 Å². The molecule has 2 aromatic heterocycles. The van der Waals surface area contributed by atoms with Crippen molar-refractivity contribution in [3.8, 4) is 11.3 Å². The van der Waals surface area contributed by atoms with Crippen LogP contribution in [0.4, 0.5) is 11.4 Å². The highest BCUT2D eigenvalue weighted by Gasteiger charge is 2.33. The molecule has 0 saturated heterocycles. The summed E-state index contributed by atoms with van der Waals surface area (Å²) in [4.78, 5) is 46.1. The van der Waals surface area contributed by atoms with Crippen molar-refractivity contribution < 1.29 is 9.59 Å². The van der Waals surface area contributed by atoms with Gasteiger partial charge in [0, 0.05) is 47.8 Å². The monoisotopic (exact) mass is 664 g/mol. The SMILES string of the molecule is Cc1cc(C)nc(SCC(=O)N(Cc2nc(-c3ccccc3)cs2)C(C(=O)Nc2ccc(N(C)C)cc2)c2ccc(C(C)C)cc2)n1. The average molecular weight is 665 g/mol. The van der Waals surface area contributed by atoms with Crippen molar-refractivity contribution in [3.05, 3.63) is 118 Å². The quantitative estimate of drug-likeness (QED) is 0.107. The number of amides is 2. The lowest BCUT2D eigenvalue weighted by Gasteiger charge is -2.31. The molecule has 0 aliphatic rings. The van der Waals surface area contributed by atoms with E-state index in [1.807, 2.05) is 123 Å². The fourth-order valence-electron chi connectivity index (χ4n) is 5.15. The number of nitrogens with one attached hydrogen (secondary N) is 1. The Bertz CT molecular complexity index is 1790. The van der Waals surface area contributed by atoms with Crippen molar-refractivity contribution in [2.24, 2.45) is 0 Å². The Balaban J connectivity index is 1.51. The molecule has 8 nitrogen and oxygen atoms in total. The van der Waals surface area contributed by atoms with E-state index in [0.29, 0.717) is 16.8 Å². The van der Waals surface area contributed by atoms with E-state index in [1.54, 1.807) is 4.90 Å². The molecule has 1 unspecified atom stereocenters. The molecule has 0 aliphatic carbocycles. The number of aromatic nitrogens is 3. The van der Waals surface area contributed by atoms with Gasteiger partial charge in [0.05, 0.1) is 18.0 Å². The van der Waals surface area contributed by atoms with Crippen LogP contribution in [0.25, 0.3) is 11.3 Å². The molecule has 0 bridgehead atoms. The molecule has 5 rings (SSSR count). The Kier molecular flexibility index (Phi) is 11.1. The third-order valence-electron chi connectivity index (χ3n) is 7.66. The smallest absolute Gasteiger partial charge is 0.251 e. The van der Waals surface area contributed by atoms with E-state index < -0.39 is 6.04 Å². The second kappa shape index (κ2) is 15.4. The van der Waals surface area contributed by atoms with Gasteiger partial charge < -0.3 is 15.1 Å². The van der Waals surface area contributed by atoms with Crippen molar-refractivity contribution in [3.63, 3.8) is 0 Å². The van der Waals surface area contributed by atoms with E-state index in [-0.39, 0.29) is 24.1 Å². The molecule has 1 atom stereocenters.